The van der Waals surface area contributed by atoms with Gasteiger partial charge in [0.1, 0.15) is 5.57 Å². The van der Waals surface area contributed by atoms with Crippen molar-refractivity contribution < 1.29 is 14.4 Å². The molecule has 3 amide bonds. The number of primary amides is 1. The van der Waals surface area contributed by atoms with Crippen molar-refractivity contribution in [1.82, 2.24) is 20.4 Å². The van der Waals surface area contributed by atoms with Gasteiger partial charge in [0.15, 0.2) is 0 Å². The van der Waals surface area contributed by atoms with Crippen LogP contribution in [0.15, 0.2) is 48.3 Å². The highest BCUT2D eigenvalue weighted by Gasteiger charge is 2.44. The number of H-pyrrole nitrogens is 1. The molecular weight excluding hydrogens is 370 g/mol. The molecule has 1 atom stereocenters. The van der Waals surface area contributed by atoms with E-state index in [2.05, 4.69) is 15.5 Å². The van der Waals surface area contributed by atoms with E-state index in [0.29, 0.717) is 12.8 Å². The highest BCUT2D eigenvalue weighted by Crippen LogP contribution is 2.34. The number of likely N-dealkylation sites (N-methyl/N-ethyl adjacent to an activating group) is 1. The second kappa shape index (κ2) is 8.30. The van der Waals surface area contributed by atoms with E-state index in [1.807, 2.05) is 31.2 Å². The van der Waals surface area contributed by atoms with Crippen LogP contribution in [0.2, 0.25) is 0 Å². The van der Waals surface area contributed by atoms with Gasteiger partial charge in [0.25, 0.3) is 11.8 Å². The number of hydrogen-bond acceptors (Lipinski definition) is 4. The summed E-state index contributed by atoms with van der Waals surface area (Å²) < 4.78 is 0. The molecule has 1 unspecified atom stereocenters. The predicted octanol–water partition coefficient (Wildman–Crippen LogP) is 0.837. The van der Waals surface area contributed by atoms with Crippen LogP contribution in [0.1, 0.15) is 23.1 Å². The maximum Gasteiger partial charge on any atom is 0.259 e. The average Bonchev–Trinajstić information content (AvgIpc) is 3.21. The normalized spacial score (nSPS) is 19.0. The van der Waals surface area contributed by atoms with Gasteiger partial charge in [-0.25, -0.2) is 0 Å². The molecule has 0 radical (unpaired) electrons. The number of benzene rings is 1. The average molecular weight is 395 g/mol. The van der Waals surface area contributed by atoms with Gasteiger partial charge in [-0.05, 0) is 37.0 Å². The van der Waals surface area contributed by atoms with Crippen LogP contribution in [-0.2, 0) is 27.3 Å². The number of rotatable bonds is 7. The summed E-state index contributed by atoms with van der Waals surface area (Å²) in [6.45, 7) is 2.37. The molecule has 1 aliphatic heterocycles. The lowest BCUT2D eigenvalue weighted by molar-refractivity contribution is -0.136. The van der Waals surface area contributed by atoms with Crippen molar-refractivity contribution in [2.45, 2.75) is 26.3 Å². The monoisotopic (exact) mass is 395 g/mol. The van der Waals surface area contributed by atoms with Gasteiger partial charge >= 0.3 is 0 Å². The standard InChI is InChI=1S/C21H25N5O3/c1-14-4-3-5-15(8-14)12-26-13-21(20(22)29,7-6-16-10-24-25-11-16)9-17(19(26)28)18(27)23-2/h3-5,8-11H,6-7,12-13H2,1-2H3,(H2,22,29)(H,23,27)(H,24,25). The van der Waals surface area contributed by atoms with Gasteiger partial charge in [0.2, 0.25) is 5.91 Å². The second-order valence-corrected chi connectivity index (χ2v) is 7.41. The molecular formula is C21H25N5O3. The molecule has 0 saturated carbocycles. The first kappa shape index (κ1) is 20.3. The van der Waals surface area contributed by atoms with E-state index in [4.69, 9.17) is 5.73 Å². The van der Waals surface area contributed by atoms with Gasteiger partial charge in [0.05, 0.1) is 11.6 Å². The lowest BCUT2D eigenvalue weighted by atomic mass is 9.76. The fraction of sp³-hybridized carbons (Fsp3) is 0.333. The van der Waals surface area contributed by atoms with Crippen molar-refractivity contribution in [3.8, 4) is 0 Å². The van der Waals surface area contributed by atoms with Crippen molar-refractivity contribution in [3.05, 3.63) is 65.0 Å². The Hall–Kier alpha value is -3.42. The maximum absolute atomic E-state index is 13.0. The van der Waals surface area contributed by atoms with E-state index in [1.165, 1.54) is 18.0 Å². The van der Waals surface area contributed by atoms with Crippen LogP contribution in [0.25, 0.3) is 0 Å². The zero-order valence-corrected chi connectivity index (χ0v) is 16.6. The minimum absolute atomic E-state index is 0.0580. The van der Waals surface area contributed by atoms with Gasteiger partial charge in [-0.1, -0.05) is 29.8 Å². The molecule has 2 heterocycles. The summed E-state index contributed by atoms with van der Waals surface area (Å²) in [5.41, 5.74) is 7.50. The lowest BCUT2D eigenvalue weighted by Gasteiger charge is -2.38. The number of nitrogens with zero attached hydrogens (tertiary/aromatic N) is 2. The molecule has 8 nitrogen and oxygen atoms in total. The molecule has 0 aliphatic carbocycles. The van der Waals surface area contributed by atoms with Gasteiger partial charge in [-0.3, -0.25) is 19.5 Å². The number of nitrogens with two attached hydrogens (primary N) is 1. The van der Waals surface area contributed by atoms with Crippen LogP contribution < -0.4 is 11.1 Å². The van der Waals surface area contributed by atoms with E-state index in [9.17, 15) is 14.4 Å². The molecule has 0 fully saturated rings. The molecule has 8 heteroatoms. The Morgan fingerprint density at radius 3 is 2.76 bits per heavy atom. The quantitative estimate of drug-likeness (QED) is 0.601. The van der Waals surface area contributed by atoms with Crippen molar-refractivity contribution in [2.75, 3.05) is 13.6 Å². The molecule has 1 aromatic carbocycles. The van der Waals surface area contributed by atoms with Crippen LogP contribution in [0.4, 0.5) is 0 Å². The Kier molecular flexibility index (Phi) is 5.81. The summed E-state index contributed by atoms with van der Waals surface area (Å²) in [6, 6.07) is 7.77. The molecule has 1 aromatic heterocycles. The topological polar surface area (TPSA) is 121 Å². The summed E-state index contributed by atoms with van der Waals surface area (Å²) in [6.07, 6.45) is 5.76. The summed E-state index contributed by atoms with van der Waals surface area (Å²) in [5, 5.41) is 9.14. The third-order valence-corrected chi connectivity index (χ3v) is 5.24. The number of aryl methyl sites for hydroxylation is 2. The minimum Gasteiger partial charge on any atom is -0.369 e. The number of carbonyl (C=O) groups excluding carboxylic acids is 3. The van der Waals surface area contributed by atoms with Crippen LogP contribution in [0, 0.1) is 12.3 Å². The molecule has 1 aliphatic rings. The Morgan fingerprint density at radius 1 is 1.34 bits per heavy atom. The SMILES string of the molecule is CNC(=O)C1=CC(CCc2cn[nH]c2)(C(N)=O)CN(Cc2cccc(C)c2)C1=O. The van der Waals surface area contributed by atoms with E-state index in [0.717, 1.165) is 16.7 Å². The van der Waals surface area contributed by atoms with Crippen LogP contribution in [0.5, 0.6) is 0 Å². The fourth-order valence-electron chi connectivity index (χ4n) is 3.63. The molecule has 3 rings (SSSR count). The summed E-state index contributed by atoms with van der Waals surface area (Å²) >= 11 is 0. The van der Waals surface area contributed by atoms with E-state index < -0.39 is 23.1 Å². The summed E-state index contributed by atoms with van der Waals surface area (Å²) in [7, 11) is 1.45. The van der Waals surface area contributed by atoms with Gasteiger partial charge < -0.3 is 16.0 Å². The molecule has 4 N–H and O–H groups in total. The smallest absolute Gasteiger partial charge is 0.259 e. The Bertz CT molecular complexity index is 951. The Morgan fingerprint density at radius 2 is 2.14 bits per heavy atom. The van der Waals surface area contributed by atoms with Gasteiger partial charge in [0, 0.05) is 26.3 Å². The predicted molar refractivity (Wildman–Crippen MR) is 107 cm³/mol. The van der Waals surface area contributed by atoms with Crippen molar-refractivity contribution >= 4 is 17.7 Å². The summed E-state index contributed by atoms with van der Waals surface area (Å²) in [5.74, 6) is -1.51. The van der Waals surface area contributed by atoms with Crippen LogP contribution in [-0.4, -0.2) is 46.4 Å². The number of aromatic amines is 1. The first-order chi connectivity index (χ1) is 13.8. The molecule has 2 aromatic rings. The Labute approximate surface area is 169 Å². The van der Waals surface area contributed by atoms with Crippen molar-refractivity contribution in [2.24, 2.45) is 11.1 Å². The first-order valence-corrected chi connectivity index (χ1v) is 9.42. The minimum atomic E-state index is -1.14. The molecule has 0 bridgehead atoms. The number of nitrogens with one attached hydrogen (secondary N) is 2. The molecule has 0 spiro atoms. The number of hydrogen-bond donors (Lipinski definition) is 3. The lowest BCUT2D eigenvalue weighted by Crippen LogP contribution is -2.53. The second-order valence-electron chi connectivity index (χ2n) is 7.41. The van der Waals surface area contributed by atoms with Crippen molar-refractivity contribution in [1.29, 1.82) is 0 Å². The maximum atomic E-state index is 13.0. The molecule has 0 saturated heterocycles. The van der Waals surface area contributed by atoms with E-state index in [-0.39, 0.29) is 18.7 Å². The third kappa shape index (κ3) is 4.37. The zero-order chi connectivity index (χ0) is 21.0. The van der Waals surface area contributed by atoms with E-state index >= 15 is 0 Å². The molecule has 152 valence electrons. The summed E-state index contributed by atoms with van der Waals surface area (Å²) in [4.78, 5) is 39.4. The third-order valence-electron chi connectivity index (χ3n) is 5.24. The zero-order valence-electron chi connectivity index (χ0n) is 16.6. The van der Waals surface area contributed by atoms with Crippen molar-refractivity contribution in [3.63, 3.8) is 0 Å². The van der Waals surface area contributed by atoms with E-state index in [1.54, 1.807) is 12.4 Å². The number of aromatic nitrogens is 2. The largest absolute Gasteiger partial charge is 0.369 e. The van der Waals surface area contributed by atoms with Crippen LogP contribution in [0.3, 0.4) is 0 Å². The Balaban J connectivity index is 1.96. The number of amides is 3. The fourth-order valence-corrected chi connectivity index (χ4v) is 3.63. The van der Waals surface area contributed by atoms with Gasteiger partial charge in [-0.2, -0.15) is 5.10 Å². The highest BCUT2D eigenvalue weighted by molar-refractivity contribution is 6.19. The van der Waals surface area contributed by atoms with Gasteiger partial charge in [-0.15, -0.1) is 0 Å². The number of carbonyl (C=O) groups is 3. The highest BCUT2D eigenvalue weighted by atomic mass is 16.2. The van der Waals surface area contributed by atoms with Crippen LogP contribution >= 0.6 is 0 Å². The first-order valence-electron chi connectivity index (χ1n) is 9.42. The molecule has 29 heavy (non-hydrogen) atoms.